The maximum Gasteiger partial charge on any atom is 0.227 e. The van der Waals surface area contributed by atoms with Crippen LogP contribution in [-0.4, -0.2) is 52.7 Å². The molecule has 2 aromatic heterocycles. The smallest absolute Gasteiger partial charge is 0.227 e. The predicted molar refractivity (Wildman–Crippen MR) is 125 cm³/mol. The molecule has 1 amide bonds. The van der Waals surface area contributed by atoms with Gasteiger partial charge in [0.2, 0.25) is 11.7 Å². The minimum Gasteiger partial charge on any atom is -0.383 e. The van der Waals surface area contributed by atoms with E-state index in [0.29, 0.717) is 37.3 Å². The second-order valence-electron chi connectivity index (χ2n) is 8.03. The first kappa shape index (κ1) is 21.5. The summed E-state index contributed by atoms with van der Waals surface area (Å²) < 4.78 is 0. The van der Waals surface area contributed by atoms with Crippen LogP contribution in [0.4, 0.5) is 11.6 Å². The van der Waals surface area contributed by atoms with Gasteiger partial charge in [-0.05, 0) is 43.2 Å². The molecule has 4 rings (SSSR count). The molecule has 1 aromatic carbocycles. The quantitative estimate of drug-likeness (QED) is 0.627. The highest BCUT2D eigenvalue weighted by atomic mass is 16.2. The number of pyridine rings is 2. The van der Waals surface area contributed by atoms with Gasteiger partial charge in [-0.1, -0.05) is 35.9 Å². The van der Waals surface area contributed by atoms with Crippen LogP contribution in [0.25, 0.3) is 0 Å². The lowest BCUT2D eigenvalue weighted by molar-refractivity contribution is -0.130. The Kier molecular flexibility index (Phi) is 6.44. The summed E-state index contributed by atoms with van der Waals surface area (Å²) in [5.41, 5.74) is 8.76. The van der Waals surface area contributed by atoms with Gasteiger partial charge in [0.15, 0.2) is 0 Å². The molecule has 0 spiro atoms. The molecule has 0 radical (unpaired) electrons. The van der Waals surface area contributed by atoms with Crippen LogP contribution in [-0.2, 0) is 11.2 Å². The Morgan fingerprint density at radius 2 is 1.78 bits per heavy atom. The van der Waals surface area contributed by atoms with E-state index in [1.807, 2.05) is 48.2 Å². The van der Waals surface area contributed by atoms with Gasteiger partial charge >= 0.3 is 0 Å². The minimum absolute atomic E-state index is 0.139. The summed E-state index contributed by atoms with van der Waals surface area (Å²) in [6, 6.07) is 16.8. The van der Waals surface area contributed by atoms with Crippen LogP contribution >= 0.6 is 0 Å². The third-order valence-corrected chi connectivity index (χ3v) is 5.70. The van der Waals surface area contributed by atoms with Crippen LogP contribution < -0.4 is 10.6 Å². The number of carbonyl (C=O) groups excluding carboxylic acids is 2. The van der Waals surface area contributed by atoms with Gasteiger partial charge in [0, 0.05) is 32.4 Å². The molecular formula is C25H27N5O2. The van der Waals surface area contributed by atoms with Crippen LogP contribution in [0.15, 0.2) is 60.8 Å². The number of rotatable bonds is 5. The van der Waals surface area contributed by atoms with E-state index in [4.69, 9.17) is 5.73 Å². The standard InChI is InChI=1S/C25H27N5O2/c1-18-8-10-19(11-9-18)17-23(31)30-14-4-13-29(15-16-30)22-7-2-6-21(28-22)24(32)20-5-3-12-27-25(20)26/h2-3,5-12H,4,13-17H2,1H3,(H2,26,27). The molecule has 1 saturated heterocycles. The van der Waals surface area contributed by atoms with Crippen LogP contribution in [0.3, 0.4) is 0 Å². The molecule has 3 heterocycles. The van der Waals surface area contributed by atoms with Crippen molar-refractivity contribution in [2.75, 3.05) is 36.8 Å². The fourth-order valence-electron chi connectivity index (χ4n) is 3.86. The minimum atomic E-state index is -0.248. The maximum atomic E-state index is 12.9. The van der Waals surface area contributed by atoms with Crippen molar-refractivity contribution in [3.05, 3.63) is 83.2 Å². The third-order valence-electron chi connectivity index (χ3n) is 5.70. The topological polar surface area (TPSA) is 92.4 Å². The van der Waals surface area contributed by atoms with Crippen molar-refractivity contribution in [3.8, 4) is 0 Å². The van der Waals surface area contributed by atoms with Crippen LogP contribution in [0, 0.1) is 6.92 Å². The number of nitrogen functional groups attached to an aromatic ring is 1. The molecule has 0 atom stereocenters. The number of amides is 1. The molecule has 0 unspecified atom stereocenters. The Labute approximate surface area is 187 Å². The molecule has 0 bridgehead atoms. The second-order valence-corrected chi connectivity index (χ2v) is 8.03. The van der Waals surface area contributed by atoms with Crippen LogP contribution in [0.2, 0.25) is 0 Å². The van der Waals surface area contributed by atoms with Crippen molar-refractivity contribution in [1.82, 2.24) is 14.9 Å². The lowest BCUT2D eigenvalue weighted by Crippen LogP contribution is -2.36. The van der Waals surface area contributed by atoms with Crippen LogP contribution in [0.5, 0.6) is 0 Å². The summed E-state index contributed by atoms with van der Waals surface area (Å²) in [7, 11) is 0. The zero-order valence-electron chi connectivity index (χ0n) is 18.2. The fourth-order valence-corrected chi connectivity index (χ4v) is 3.86. The number of anilines is 2. The highest BCUT2D eigenvalue weighted by molar-refractivity contribution is 6.10. The lowest BCUT2D eigenvalue weighted by Gasteiger charge is -2.23. The van der Waals surface area contributed by atoms with Gasteiger partial charge in [-0.3, -0.25) is 9.59 Å². The van der Waals surface area contributed by atoms with E-state index in [-0.39, 0.29) is 17.5 Å². The number of benzene rings is 1. The Bertz CT molecular complexity index is 1110. The first-order valence-corrected chi connectivity index (χ1v) is 10.8. The van der Waals surface area contributed by atoms with Crippen molar-refractivity contribution in [3.63, 3.8) is 0 Å². The summed E-state index contributed by atoms with van der Waals surface area (Å²) in [6.07, 6.45) is 2.81. The molecule has 3 aromatic rings. The van der Waals surface area contributed by atoms with Crippen molar-refractivity contribution in [2.24, 2.45) is 0 Å². The molecule has 0 saturated carbocycles. The zero-order chi connectivity index (χ0) is 22.5. The number of hydrogen-bond acceptors (Lipinski definition) is 6. The number of ketones is 1. The number of nitrogens with zero attached hydrogens (tertiary/aromatic N) is 4. The van der Waals surface area contributed by atoms with E-state index in [9.17, 15) is 9.59 Å². The Balaban J connectivity index is 1.42. The fraction of sp³-hybridized carbons (Fsp3) is 0.280. The van der Waals surface area contributed by atoms with E-state index in [1.165, 1.54) is 5.56 Å². The largest absolute Gasteiger partial charge is 0.383 e. The first-order valence-electron chi connectivity index (χ1n) is 10.8. The van der Waals surface area contributed by atoms with Gasteiger partial charge in [-0.15, -0.1) is 0 Å². The van der Waals surface area contributed by atoms with Crippen molar-refractivity contribution in [2.45, 2.75) is 19.8 Å². The highest BCUT2D eigenvalue weighted by Crippen LogP contribution is 2.18. The van der Waals surface area contributed by atoms with E-state index in [2.05, 4.69) is 14.9 Å². The summed E-state index contributed by atoms with van der Waals surface area (Å²) in [5, 5.41) is 0. The van der Waals surface area contributed by atoms with Crippen molar-refractivity contribution < 1.29 is 9.59 Å². The summed E-state index contributed by atoms with van der Waals surface area (Å²) in [4.78, 5) is 38.3. The van der Waals surface area contributed by atoms with Crippen molar-refractivity contribution >= 4 is 23.3 Å². The van der Waals surface area contributed by atoms with E-state index in [0.717, 1.165) is 24.3 Å². The van der Waals surface area contributed by atoms with Gasteiger partial charge in [0.25, 0.3) is 0 Å². The maximum absolute atomic E-state index is 12.9. The first-order chi connectivity index (χ1) is 15.5. The Hall–Kier alpha value is -3.74. The number of aromatic nitrogens is 2. The van der Waals surface area contributed by atoms with Gasteiger partial charge in [0.1, 0.15) is 17.3 Å². The molecule has 1 aliphatic rings. The van der Waals surface area contributed by atoms with Crippen molar-refractivity contribution in [1.29, 1.82) is 0 Å². The average Bonchev–Trinajstić information content (AvgIpc) is 3.07. The third kappa shape index (κ3) is 4.94. The monoisotopic (exact) mass is 429 g/mol. The molecule has 2 N–H and O–H groups in total. The summed E-state index contributed by atoms with van der Waals surface area (Å²) >= 11 is 0. The van der Waals surface area contributed by atoms with Gasteiger partial charge < -0.3 is 15.5 Å². The number of nitrogens with two attached hydrogens (primary N) is 1. The van der Waals surface area contributed by atoms with Crippen LogP contribution in [0.1, 0.15) is 33.6 Å². The Morgan fingerprint density at radius 3 is 2.56 bits per heavy atom. The summed E-state index contributed by atoms with van der Waals surface area (Å²) in [5.74, 6) is 0.815. The summed E-state index contributed by atoms with van der Waals surface area (Å²) in [6.45, 7) is 4.82. The molecule has 7 nitrogen and oxygen atoms in total. The zero-order valence-corrected chi connectivity index (χ0v) is 18.2. The highest BCUT2D eigenvalue weighted by Gasteiger charge is 2.21. The molecular weight excluding hydrogens is 402 g/mol. The molecule has 164 valence electrons. The molecule has 1 fully saturated rings. The molecule has 1 aliphatic heterocycles. The average molecular weight is 430 g/mol. The number of aryl methyl sites for hydroxylation is 1. The van der Waals surface area contributed by atoms with E-state index < -0.39 is 0 Å². The number of carbonyl (C=O) groups is 2. The predicted octanol–water partition coefficient (Wildman–Crippen LogP) is 2.88. The molecule has 0 aliphatic carbocycles. The Morgan fingerprint density at radius 1 is 0.969 bits per heavy atom. The number of hydrogen-bond donors (Lipinski definition) is 1. The lowest BCUT2D eigenvalue weighted by atomic mass is 10.1. The van der Waals surface area contributed by atoms with Gasteiger partial charge in [-0.2, -0.15) is 0 Å². The van der Waals surface area contributed by atoms with E-state index in [1.54, 1.807) is 24.4 Å². The normalized spacial score (nSPS) is 14.2. The van der Waals surface area contributed by atoms with E-state index >= 15 is 0 Å². The van der Waals surface area contributed by atoms with Gasteiger partial charge in [-0.25, -0.2) is 9.97 Å². The molecule has 7 heteroatoms. The van der Waals surface area contributed by atoms with Gasteiger partial charge in [0.05, 0.1) is 12.0 Å². The second kappa shape index (κ2) is 9.60. The molecule has 32 heavy (non-hydrogen) atoms. The SMILES string of the molecule is Cc1ccc(CC(=O)N2CCCN(c3cccc(C(=O)c4cccnc4N)n3)CC2)cc1.